The summed E-state index contributed by atoms with van der Waals surface area (Å²) < 4.78 is 10.7. The van der Waals surface area contributed by atoms with Crippen molar-refractivity contribution in [2.75, 3.05) is 46.0 Å². The smallest absolute Gasteiger partial charge is 0.307 e. The third-order valence-electron chi connectivity index (χ3n) is 4.89. The van der Waals surface area contributed by atoms with E-state index in [0.29, 0.717) is 13.0 Å². The van der Waals surface area contributed by atoms with Gasteiger partial charge in [0, 0.05) is 37.8 Å². The molecular weight excluding hydrogens is 256 g/mol. The Morgan fingerprint density at radius 3 is 2.70 bits per heavy atom. The van der Waals surface area contributed by atoms with Gasteiger partial charge in [-0.05, 0) is 26.2 Å². The van der Waals surface area contributed by atoms with Gasteiger partial charge in [-0.1, -0.05) is 0 Å². The Hall–Kier alpha value is -0.650. The van der Waals surface area contributed by atoms with E-state index in [9.17, 15) is 4.79 Å². The molecule has 0 amide bonds. The fourth-order valence-corrected chi connectivity index (χ4v) is 3.67. The SMILES string of the molecule is CCOC(=O)CC1(N2CCOCC2)CCN(C2CC2)C1. The second-order valence-electron chi connectivity index (χ2n) is 6.26. The first-order valence-electron chi connectivity index (χ1n) is 7.96. The summed E-state index contributed by atoms with van der Waals surface area (Å²) in [4.78, 5) is 17.1. The van der Waals surface area contributed by atoms with Crippen molar-refractivity contribution in [3.63, 3.8) is 0 Å². The van der Waals surface area contributed by atoms with E-state index in [1.54, 1.807) is 0 Å². The van der Waals surface area contributed by atoms with Gasteiger partial charge < -0.3 is 9.47 Å². The molecule has 2 aliphatic heterocycles. The van der Waals surface area contributed by atoms with Crippen molar-refractivity contribution >= 4 is 5.97 Å². The molecule has 2 heterocycles. The van der Waals surface area contributed by atoms with E-state index in [4.69, 9.17) is 9.47 Å². The number of esters is 1. The molecule has 0 spiro atoms. The van der Waals surface area contributed by atoms with Crippen molar-refractivity contribution in [2.45, 2.75) is 44.2 Å². The predicted molar refractivity (Wildman–Crippen MR) is 75.6 cm³/mol. The maximum atomic E-state index is 12.0. The molecule has 0 aromatic heterocycles. The Kier molecular flexibility index (Phi) is 4.29. The first-order valence-corrected chi connectivity index (χ1v) is 7.96. The minimum Gasteiger partial charge on any atom is -0.466 e. The lowest BCUT2D eigenvalue weighted by atomic mass is 9.91. The van der Waals surface area contributed by atoms with Gasteiger partial charge in [0.2, 0.25) is 0 Å². The molecule has 0 aromatic carbocycles. The van der Waals surface area contributed by atoms with Crippen molar-refractivity contribution < 1.29 is 14.3 Å². The fraction of sp³-hybridized carbons (Fsp3) is 0.933. The standard InChI is InChI=1S/C15H26N2O3/c1-2-20-14(18)11-15(17-7-9-19-10-8-17)5-6-16(12-15)13-3-4-13/h13H,2-12H2,1H3. The van der Waals surface area contributed by atoms with Crippen molar-refractivity contribution in [3.8, 4) is 0 Å². The molecular formula is C15H26N2O3. The lowest BCUT2D eigenvalue weighted by molar-refractivity contribution is -0.147. The summed E-state index contributed by atoms with van der Waals surface area (Å²) >= 11 is 0. The van der Waals surface area contributed by atoms with Crippen LogP contribution in [-0.2, 0) is 14.3 Å². The Morgan fingerprint density at radius 2 is 2.05 bits per heavy atom. The molecule has 0 N–H and O–H groups in total. The summed E-state index contributed by atoms with van der Waals surface area (Å²) in [6.45, 7) is 7.96. The number of ether oxygens (including phenoxy) is 2. The van der Waals surface area contributed by atoms with Gasteiger partial charge in [-0.2, -0.15) is 0 Å². The molecule has 2 saturated heterocycles. The van der Waals surface area contributed by atoms with Gasteiger partial charge in [0.1, 0.15) is 0 Å². The van der Waals surface area contributed by atoms with Gasteiger partial charge in [0.05, 0.1) is 26.2 Å². The molecule has 1 atom stereocenters. The molecule has 0 bridgehead atoms. The zero-order valence-corrected chi connectivity index (χ0v) is 12.5. The third-order valence-corrected chi connectivity index (χ3v) is 4.89. The summed E-state index contributed by atoms with van der Waals surface area (Å²) in [5, 5.41) is 0. The largest absolute Gasteiger partial charge is 0.466 e. The number of carbonyl (C=O) groups is 1. The highest BCUT2D eigenvalue weighted by Gasteiger charge is 2.48. The molecule has 0 radical (unpaired) electrons. The number of rotatable bonds is 5. The van der Waals surface area contributed by atoms with Crippen LogP contribution in [0.1, 0.15) is 32.6 Å². The van der Waals surface area contributed by atoms with Crippen LogP contribution in [0.2, 0.25) is 0 Å². The van der Waals surface area contributed by atoms with Crippen LogP contribution in [0.5, 0.6) is 0 Å². The number of hydrogen-bond donors (Lipinski definition) is 0. The van der Waals surface area contributed by atoms with Crippen LogP contribution in [0.15, 0.2) is 0 Å². The second-order valence-corrected chi connectivity index (χ2v) is 6.26. The Bertz CT molecular complexity index is 353. The highest BCUT2D eigenvalue weighted by Crippen LogP contribution is 2.38. The van der Waals surface area contributed by atoms with E-state index < -0.39 is 0 Å². The minimum absolute atomic E-state index is 0.0153. The monoisotopic (exact) mass is 282 g/mol. The zero-order chi connectivity index (χ0) is 14.0. The van der Waals surface area contributed by atoms with Crippen LogP contribution in [0.3, 0.4) is 0 Å². The second kappa shape index (κ2) is 6.00. The van der Waals surface area contributed by atoms with E-state index in [-0.39, 0.29) is 11.5 Å². The summed E-state index contributed by atoms with van der Waals surface area (Å²) in [6, 6.07) is 0.778. The van der Waals surface area contributed by atoms with Gasteiger partial charge in [-0.15, -0.1) is 0 Å². The van der Waals surface area contributed by atoms with E-state index in [1.165, 1.54) is 12.8 Å². The van der Waals surface area contributed by atoms with Gasteiger partial charge >= 0.3 is 5.97 Å². The summed E-state index contributed by atoms with van der Waals surface area (Å²) in [6.07, 6.45) is 4.28. The van der Waals surface area contributed by atoms with Crippen LogP contribution in [0.25, 0.3) is 0 Å². The first-order chi connectivity index (χ1) is 9.73. The number of nitrogens with zero attached hydrogens (tertiary/aromatic N) is 2. The van der Waals surface area contributed by atoms with Crippen LogP contribution in [0, 0.1) is 0 Å². The number of morpholine rings is 1. The zero-order valence-electron chi connectivity index (χ0n) is 12.5. The number of carbonyl (C=O) groups excluding carboxylic acids is 1. The normalized spacial score (nSPS) is 32.5. The molecule has 3 fully saturated rings. The van der Waals surface area contributed by atoms with E-state index in [1.807, 2.05) is 6.92 Å². The minimum atomic E-state index is -0.0448. The highest BCUT2D eigenvalue weighted by atomic mass is 16.5. The van der Waals surface area contributed by atoms with Crippen molar-refractivity contribution in [1.82, 2.24) is 9.80 Å². The molecule has 5 nitrogen and oxygen atoms in total. The molecule has 3 aliphatic rings. The van der Waals surface area contributed by atoms with Crippen LogP contribution in [-0.4, -0.2) is 73.3 Å². The molecule has 114 valence electrons. The molecule has 1 unspecified atom stereocenters. The first kappa shape index (κ1) is 14.3. The van der Waals surface area contributed by atoms with Gasteiger partial charge in [0.25, 0.3) is 0 Å². The molecule has 1 saturated carbocycles. The average molecular weight is 282 g/mol. The van der Waals surface area contributed by atoms with Gasteiger partial charge in [0.15, 0.2) is 0 Å². The predicted octanol–water partition coefficient (Wildman–Crippen LogP) is 0.879. The van der Waals surface area contributed by atoms with Crippen LogP contribution in [0.4, 0.5) is 0 Å². The average Bonchev–Trinajstić information content (AvgIpc) is 3.22. The highest BCUT2D eigenvalue weighted by molar-refractivity contribution is 5.71. The molecule has 1 aliphatic carbocycles. The maximum absolute atomic E-state index is 12.0. The molecule has 3 rings (SSSR count). The fourth-order valence-electron chi connectivity index (χ4n) is 3.67. The number of likely N-dealkylation sites (tertiary alicyclic amines) is 1. The maximum Gasteiger partial charge on any atom is 0.307 e. The van der Waals surface area contributed by atoms with E-state index in [0.717, 1.165) is 51.9 Å². The lowest BCUT2D eigenvalue weighted by Crippen LogP contribution is -2.56. The Morgan fingerprint density at radius 1 is 1.30 bits per heavy atom. The topological polar surface area (TPSA) is 42.0 Å². The summed E-state index contributed by atoms with van der Waals surface area (Å²) in [5.74, 6) is -0.0448. The Balaban J connectivity index is 1.70. The van der Waals surface area contributed by atoms with Crippen LogP contribution < -0.4 is 0 Å². The van der Waals surface area contributed by atoms with E-state index >= 15 is 0 Å². The molecule has 0 aromatic rings. The molecule has 20 heavy (non-hydrogen) atoms. The van der Waals surface area contributed by atoms with Crippen molar-refractivity contribution in [3.05, 3.63) is 0 Å². The van der Waals surface area contributed by atoms with Crippen molar-refractivity contribution in [1.29, 1.82) is 0 Å². The quantitative estimate of drug-likeness (QED) is 0.700. The lowest BCUT2D eigenvalue weighted by Gasteiger charge is -2.42. The van der Waals surface area contributed by atoms with Crippen molar-refractivity contribution in [2.24, 2.45) is 0 Å². The van der Waals surface area contributed by atoms with Crippen LogP contribution >= 0.6 is 0 Å². The third kappa shape index (κ3) is 3.00. The Labute approximate surface area is 121 Å². The van der Waals surface area contributed by atoms with E-state index in [2.05, 4.69) is 9.80 Å². The summed E-state index contributed by atoms with van der Waals surface area (Å²) in [5.41, 5.74) is -0.0153. The molecule has 5 heteroatoms. The van der Waals surface area contributed by atoms with Gasteiger partial charge in [-0.25, -0.2) is 0 Å². The summed E-state index contributed by atoms with van der Waals surface area (Å²) in [7, 11) is 0. The number of hydrogen-bond acceptors (Lipinski definition) is 5. The van der Waals surface area contributed by atoms with Gasteiger partial charge in [-0.3, -0.25) is 14.6 Å².